The van der Waals surface area contributed by atoms with Crippen molar-refractivity contribution in [3.05, 3.63) is 29.3 Å². The molecule has 5 nitrogen and oxygen atoms in total. The van der Waals surface area contributed by atoms with E-state index in [9.17, 15) is 13.2 Å². The van der Waals surface area contributed by atoms with Crippen LogP contribution in [0.15, 0.2) is 23.1 Å². The van der Waals surface area contributed by atoms with E-state index in [4.69, 9.17) is 0 Å². The fourth-order valence-electron chi connectivity index (χ4n) is 1.95. The number of methoxy groups -OCH3 is 1. The lowest BCUT2D eigenvalue weighted by atomic mass is 10.2. The lowest BCUT2D eigenvalue weighted by Gasteiger charge is -2.16. The first-order valence-corrected chi connectivity index (χ1v) is 9.35. The quantitative estimate of drug-likeness (QED) is 0.772. The molecule has 0 heterocycles. The van der Waals surface area contributed by atoms with Crippen LogP contribution in [0.4, 0.5) is 0 Å². The minimum absolute atomic E-state index is 0.165. The Balaban J connectivity index is 3.02. The highest BCUT2D eigenvalue weighted by Gasteiger charge is 2.26. The van der Waals surface area contributed by atoms with Gasteiger partial charge in [-0.1, -0.05) is 6.07 Å². The Labute approximate surface area is 130 Å². The number of esters is 1. The van der Waals surface area contributed by atoms with Crippen LogP contribution in [0.1, 0.15) is 17.5 Å². The number of hydrogen-bond acceptors (Lipinski definition) is 5. The molecule has 7 heteroatoms. The molecule has 1 aromatic rings. The zero-order chi connectivity index (χ0) is 16.0. The molecular formula is C14H21NO4S2. The summed E-state index contributed by atoms with van der Waals surface area (Å²) >= 11 is 1.54. The zero-order valence-corrected chi connectivity index (χ0v) is 14.3. The van der Waals surface area contributed by atoms with Crippen molar-refractivity contribution < 1.29 is 17.9 Å². The molecule has 0 aliphatic rings. The van der Waals surface area contributed by atoms with E-state index in [-0.39, 0.29) is 4.90 Å². The van der Waals surface area contributed by atoms with E-state index < -0.39 is 22.0 Å². The van der Waals surface area contributed by atoms with Gasteiger partial charge < -0.3 is 4.74 Å². The highest BCUT2D eigenvalue weighted by atomic mass is 32.2. The number of benzene rings is 1. The first-order chi connectivity index (χ1) is 9.80. The second-order valence-corrected chi connectivity index (χ2v) is 7.50. The first-order valence-electron chi connectivity index (χ1n) is 6.47. The lowest BCUT2D eigenvalue weighted by Crippen LogP contribution is -2.41. The average Bonchev–Trinajstić information content (AvgIpc) is 2.41. The van der Waals surface area contributed by atoms with E-state index in [2.05, 4.69) is 9.46 Å². The molecule has 1 rings (SSSR count). The van der Waals surface area contributed by atoms with Gasteiger partial charge in [0.05, 0.1) is 12.0 Å². The molecule has 1 aromatic carbocycles. The van der Waals surface area contributed by atoms with Crippen molar-refractivity contribution in [2.24, 2.45) is 0 Å². The molecule has 1 atom stereocenters. The number of carbonyl (C=O) groups excluding carboxylic acids is 1. The Morgan fingerprint density at radius 1 is 1.29 bits per heavy atom. The molecule has 0 fully saturated rings. The maximum Gasteiger partial charge on any atom is 0.323 e. The third kappa shape index (κ3) is 5.33. The molecule has 21 heavy (non-hydrogen) atoms. The highest BCUT2D eigenvalue weighted by molar-refractivity contribution is 7.98. The van der Waals surface area contributed by atoms with Gasteiger partial charge in [0.25, 0.3) is 0 Å². The molecule has 1 N–H and O–H groups in total. The average molecular weight is 331 g/mol. The van der Waals surface area contributed by atoms with Crippen molar-refractivity contribution in [2.75, 3.05) is 19.1 Å². The van der Waals surface area contributed by atoms with Gasteiger partial charge in [-0.05, 0) is 55.5 Å². The van der Waals surface area contributed by atoms with Gasteiger partial charge in [0, 0.05) is 0 Å². The minimum Gasteiger partial charge on any atom is -0.468 e. The van der Waals surface area contributed by atoms with E-state index in [1.807, 2.05) is 26.2 Å². The van der Waals surface area contributed by atoms with Gasteiger partial charge in [-0.25, -0.2) is 8.42 Å². The molecule has 0 aliphatic heterocycles. The standard InChI is InChI=1S/C14H21NO4S2/c1-10-7-11(2)9-12(8-10)21(17,18)15-13(5-6-20-4)14(16)19-3/h7-9,13,15H,5-6H2,1-4H3/t13-/m1/s1. The van der Waals surface area contributed by atoms with Crippen LogP contribution in [0.5, 0.6) is 0 Å². The van der Waals surface area contributed by atoms with E-state index >= 15 is 0 Å². The van der Waals surface area contributed by atoms with Crippen molar-refractivity contribution in [3.63, 3.8) is 0 Å². The third-order valence-corrected chi connectivity index (χ3v) is 4.99. The van der Waals surface area contributed by atoms with Crippen molar-refractivity contribution in [2.45, 2.75) is 31.2 Å². The third-order valence-electron chi connectivity index (χ3n) is 2.90. The minimum atomic E-state index is -3.75. The first kappa shape index (κ1) is 18.0. The Morgan fingerprint density at radius 2 is 1.86 bits per heavy atom. The predicted octanol–water partition coefficient (Wildman–Crippen LogP) is 1.88. The van der Waals surface area contributed by atoms with Gasteiger partial charge in [-0.3, -0.25) is 4.79 Å². The topological polar surface area (TPSA) is 72.5 Å². The van der Waals surface area contributed by atoms with Crippen molar-refractivity contribution in [1.82, 2.24) is 4.72 Å². The second kappa shape index (κ2) is 7.82. The molecule has 0 saturated carbocycles. The van der Waals surface area contributed by atoms with Crippen molar-refractivity contribution in [1.29, 1.82) is 0 Å². The fourth-order valence-corrected chi connectivity index (χ4v) is 3.82. The van der Waals surface area contributed by atoms with Crippen LogP contribution in [0, 0.1) is 13.8 Å². The van der Waals surface area contributed by atoms with E-state index in [0.29, 0.717) is 12.2 Å². The summed E-state index contributed by atoms with van der Waals surface area (Å²) in [5.74, 6) is 0.0896. The predicted molar refractivity (Wildman–Crippen MR) is 85.0 cm³/mol. The fraction of sp³-hybridized carbons (Fsp3) is 0.500. The van der Waals surface area contributed by atoms with Crippen molar-refractivity contribution in [3.8, 4) is 0 Å². The van der Waals surface area contributed by atoms with Crippen LogP contribution in [0.3, 0.4) is 0 Å². The van der Waals surface area contributed by atoms with Crippen LogP contribution in [-0.4, -0.2) is 39.5 Å². The summed E-state index contributed by atoms with van der Waals surface area (Å²) in [6, 6.07) is 4.19. The number of rotatable bonds is 7. The molecule has 0 radical (unpaired) electrons. The van der Waals surface area contributed by atoms with E-state index in [1.54, 1.807) is 23.9 Å². The lowest BCUT2D eigenvalue weighted by molar-refractivity contribution is -0.142. The maximum absolute atomic E-state index is 12.4. The van der Waals surface area contributed by atoms with E-state index in [0.717, 1.165) is 11.1 Å². The van der Waals surface area contributed by atoms with Gasteiger partial charge >= 0.3 is 5.97 Å². The monoisotopic (exact) mass is 331 g/mol. The van der Waals surface area contributed by atoms with Crippen LogP contribution in [0.25, 0.3) is 0 Å². The van der Waals surface area contributed by atoms with Gasteiger partial charge in [0.1, 0.15) is 6.04 Å². The Bertz CT molecular complexity index is 579. The van der Waals surface area contributed by atoms with Crippen LogP contribution in [-0.2, 0) is 19.6 Å². The highest BCUT2D eigenvalue weighted by Crippen LogP contribution is 2.15. The van der Waals surface area contributed by atoms with Crippen LogP contribution < -0.4 is 4.72 Å². The molecule has 0 aliphatic carbocycles. The molecule has 0 spiro atoms. The van der Waals surface area contributed by atoms with Crippen molar-refractivity contribution >= 4 is 27.8 Å². The molecule has 0 saturated heterocycles. The number of thioether (sulfide) groups is 1. The Kier molecular flexibility index (Phi) is 6.70. The number of hydrogen-bond donors (Lipinski definition) is 1. The van der Waals surface area contributed by atoms with E-state index in [1.165, 1.54) is 7.11 Å². The summed E-state index contributed by atoms with van der Waals surface area (Å²) in [6.07, 6.45) is 2.28. The summed E-state index contributed by atoms with van der Waals surface area (Å²) in [5.41, 5.74) is 1.71. The SMILES string of the molecule is COC(=O)[C@@H](CCSC)NS(=O)(=O)c1cc(C)cc(C)c1. The van der Waals surface area contributed by atoms with Gasteiger partial charge in [-0.15, -0.1) is 0 Å². The van der Waals surface area contributed by atoms with Crippen LogP contribution in [0.2, 0.25) is 0 Å². The molecule has 0 unspecified atom stereocenters. The summed E-state index contributed by atoms with van der Waals surface area (Å²) in [6.45, 7) is 3.66. The Hall–Kier alpha value is -1.05. The Morgan fingerprint density at radius 3 is 2.33 bits per heavy atom. The number of nitrogens with one attached hydrogen (secondary N) is 1. The number of sulfonamides is 1. The largest absolute Gasteiger partial charge is 0.468 e. The van der Waals surface area contributed by atoms with Crippen LogP contribution >= 0.6 is 11.8 Å². The molecule has 0 aromatic heterocycles. The summed E-state index contributed by atoms with van der Waals surface area (Å²) in [5, 5.41) is 0. The number of carbonyl (C=O) groups is 1. The summed E-state index contributed by atoms with van der Waals surface area (Å²) in [4.78, 5) is 11.9. The molecule has 0 amide bonds. The van der Waals surface area contributed by atoms with Gasteiger partial charge in [0.2, 0.25) is 10.0 Å². The number of ether oxygens (including phenoxy) is 1. The molecule has 0 bridgehead atoms. The van der Waals surface area contributed by atoms with Gasteiger partial charge in [-0.2, -0.15) is 16.5 Å². The summed E-state index contributed by atoms with van der Waals surface area (Å²) < 4.78 is 31.9. The molecular weight excluding hydrogens is 310 g/mol. The normalized spacial score (nSPS) is 13.0. The van der Waals surface area contributed by atoms with Gasteiger partial charge in [0.15, 0.2) is 0 Å². The number of aryl methyl sites for hydroxylation is 2. The zero-order valence-electron chi connectivity index (χ0n) is 12.7. The molecule has 118 valence electrons. The smallest absolute Gasteiger partial charge is 0.323 e. The maximum atomic E-state index is 12.4. The second-order valence-electron chi connectivity index (χ2n) is 4.80. The summed E-state index contributed by atoms with van der Waals surface area (Å²) in [7, 11) is -2.50.